The summed E-state index contributed by atoms with van der Waals surface area (Å²) in [6.07, 6.45) is 1.47. The third-order valence-electron chi connectivity index (χ3n) is 2.49. The minimum atomic E-state index is -0.906. The highest BCUT2D eigenvalue weighted by Crippen LogP contribution is 2.25. The fourth-order valence-corrected chi connectivity index (χ4v) is 1.69. The molecule has 3 N–H and O–H groups in total. The van der Waals surface area contributed by atoms with E-state index in [2.05, 4.69) is 20.5 Å². The van der Waals surface area contributed by atoms with Gasteiger partial charge in [-0.2, -0.15) is 5.10 Å². The number of carboxylic acids is 1. The Bertz CT molecular complexity index is 414. The van der Waals surface area contributed by atoms with Crippen molar-refractivity contribution in [2.45, 2.75) is 39.7 Å². The van der Waals surface area contributed by atoms with Crippen LogP contribution in [0.15, 0.2) is 6.33 Å². The van der Waals surface area contributed by atoms with Gasteiger partial charge in [-0.25, -0.2) is 4.98 Å². The molecule has 18 heavy (non-hydrogen) atoms. The van der Waals surface area contributed by atoms with E-state index < -0.39 is 11.4 Å². The van der Waals surface area contributed by atoms with Gasteiger partial charge in [0.2, 0.25) is 5.91 Å². The molecule has 0 fully saturated rings. The molecule has 100 valence electrons. The lowest BCUT2D eigenvalue weighted by Crippen LogP contribution is -2.32. The summed E-state index contributed by atoms with van der Waals surface area (Å²) >= 11 is 0. The Morgan fingerprint density at radius 1 is 1.50 bits per heavy atom. The highest BCUT2D eigenvalue weighted by Gasteiger charge is 2.26. The Hall–Kier alpha value is -1.92. The summed E-state index contributed by atoms with van der Waals surface area (Å²) in [5.41, 5.74) is -0.572. The van der Waals surface area contributed by atoms with E-state index in [0.29, 0.717) is 5.82 Å². The lowest BCUT2D eigenvalue weighted by molar-refractivity contribution is -0.139. The van der Waals surface area contributed by atoms with Crippen LogP contribution in [0, 0.1) is 5.41 Å². The minimum absolute atomic E-state index is 0.0445. The molecule has 7 nitrogen and oxygen atoms in total. The molecule has 0 aliphatic rings. The average Bonchev–Trinajstić information content (AvgIpc) is 2.65. The largest absolute Gasteiger partial charge is 0.481 e. The van der Waals surface area contributed by atoms with Crippen molar-refractivity contribution in [1.82, 2.24) is 20.5 Å². The number of H-pyrrole nitrogens is 1. The van der Waals surface area contributed by atoms with Gasteiger partial charge in [-0.1, -0.05) is 13.8 Å². The normalized spacial score (nSPS) is 13.1. The zero-order valence-electron chi connectivity index (χ0n) is 10.7. The van der Waals surface area contributed by atoms with Crippen molar-refractivity contribution in [3.63, 3.8) is 0 Å². The first-order valence-corrected chi connectivity index (χ1v) is 5.66. The molecule has 1 atom stereocenters. The van der Waals surface area contributed by atoms with Gasteiger partial charge in [-0.05, 0) is 12.3 Å². The maximum atomic E-state index is 11.8. The molecule has 1 amide bonds. The number of rotatable bonds is 6. The van der Waals surface area contributed by atoms with Gasteiger partial charge in [0.15, 0.2) is 0 Å². The van der Waals surface area contributed by atoms with Gasteiger partial charge in [0.25, 0.3) is 0 Å². The molecule has 1 rings (SSSR count). The Morgan fingerprint density at radius 3 is 2.67 bits per heavy atom. The molecular formula is C11H18N4O3. The van der Waals surface area contributed by atoms with Gasteiger partial charge in [0.05, 0.1) is 12.5 Å². The van der Waals surface area contributed by atoms with Crippen LogP contribution in [0.2, 0.25) is 0 Å². The van der Waals surface area contributed by atoms with Crippen LogP contribution < -0.4 is 5.32 Å². The van der Waals surface area contributed by atoms with Crippen molar-refractivity contribution in [3.8, 4) is 0 Å². The van der Waals surface area contributed by atoms with Crippen molar-refractivity contribution in [1.29, 1.82) is 0 Å². The van der Waals surface area contributed by atoms with Crippen LogP contribution >= 0.6 is 0 Å². The molecule has 0 bridgehead atoms. The van der Waals surface area contributed by atoms with Crippen LogP contribution in [-0.2, 0) is 9.59 Å². The Morgan fingerprint density at radius 2 is 2.17 bits per heavy atom. The predicted molar refractivity (Wildman–Crippen MR) is 63.6 cm³/mol. The molecule has 0 aliphatic carbocycles. The Labute approximate surface area is 105 Å². The number of aromatic nitrogens is 3. The van der Waals surface area contributed by atoms with E-state index in [1.165, 1.54) is 6.33 Å². The van der Waals surface area contributed by atoms with Gasteiger partial charge in [-0.15, -0.1) is 0 Å². The third kappa shape index (κ3) is 4.52. The van der Waals surface area contributed by atoms with Crippen LogP contribution in [0.25, 0.3) is 0 Å². The van der Waals surface area contributed by atoms with Gasteiger partial charge < -0.3 is 10.4 Å². The molecular weight excluding hydrogens is 236 g/mol. The van der Waals surface area contributed by atoms with E-state index in [-0.39, 0.29) is 24.8 Å². The highest BCUT2D eigenvalue weighted by molar-refractivity contribution is 5.78. The number of nitrogens with one attached hydrogen (secondary N) is 2. The predicted octanol–water partition coefficient (Wildman–Crippen LogP) is 0.873. The molecule has 1 aromatic heterocycles. The van der Waals surface area contributed by atoms with Crippen LogP contribution in [0.3, 0.4) is 0 Å². The summed E-state index contributed by atoms with van der Waals surface area (Å²) in [6.45, 7) is 5.28. The van der Waals surface area contributed by atoms with E-state index in [1.54, 1.807) is 20.8 Å². The topological polar surface area (TPSA) is 108 Å². The van der Waals surface area contributed by atoms with Crippen LogP contribution in [-0.4, -0.2) is 32.2 Å². The fraction of sp³-hybridized carbons (Fsp3) is 0.636. The molecule has 0 spiro atoms. The van der Waals surface area contributed by atoms with E-state index in [9.17, 15) is 9.59 Å². The van der Waals surface area contributed by atoms with Gasteiger partial charge in [0.1, 0.15) is 12.2 Å². The van der Waals surface area contributed by atoms with Crippen LogP contribution in [0.4, 0.5) is 0 Å². The second-order valence-corrected chi connectivity index (χ2v) is 5.07. The Balaban J connectivity index is 2.49. The first kappa shape index (κ1) is 14.1. The first-order chi connectivity index (χ1) is 8.30. The second kappa shape index (κ2) is 5.61. The number of nitrogens with zero attached hydrogens (tertiary/aromatic N) is 2. The first-order valence-electron chi connectivity index (χ1n) is 5.66. The number of aliphatic carboxylic acids is 1. The summed E-state index contributed by atoms with van der Waals surface area (Å²) in [4.78, 5) is 26.4. The zero-order valence-corrected chi connectivity index (χ0v) is 10.7. The molecule has 0 saturated carbocycles. The Kier molecular flexibility index (Phi) is 4.41. The monoisotopic (exact) mass is 254 g/mol. The van der Waals surface area contributed by atoms with E-state index in [4.69, 9.17) is 5.11 Å². The number of carbonyl (C=O) groups excluding carboxylic acids is 1. The number of aromatic amines is 1. The van der Waals surface area contributed by atoms with Crippen molar-refractivity contribution < 1.29 is 14.7 Å². The lowest BCUT2D eigenvalue weighted by atomic mass is 9.85. The number of hydrogen-bond acceptors (Lipinski definition) is 4. The number of hydrogen-bond donors (Lipinski definition) is 3. The number of amides is 1. The molecule has 0 radical (unpaired) electrons. The standard InChI is InChI=1S/C11H18N4O3/c1-7(10-12-6-13-15-10)14-8(16)4-11(2,3)5-9(17)18/h6-7H,4-5H2,1-3H3,(H,14,16)(H,17,18)(H,12,13,15). The summed E-state index contributed by atoms with van der Waals surface area (Å²) in [7, 11) is 0. The summed E-state index contributed by atoms with van der Waals surface area (Å²) in [5, 5.41) is 17.9. The van der Waals surface area contributed by atoms with Crippen molar-refractivity contribution >= 4 is 11.9 Å². The summed E-state index contributed by atoms with van der Waals surface area (Å²) in [5.74, 6) is -0.541. The quantitative estimate of drug-likeness (QED) is 0.698. The highest BCUT2D eigenvalue weighted by atomic mass is 16.4. The number of carboxylic acid groups (broad SMARTS) is 1. The maximum absolute atomic E-state index is 11.8. The van der Waals surface area contributed by atoms with Crippen molar-refractivity contribution in [2.24, 2.45) is 5.41 Å². The van der Waals surface area contributed by atoms with Crippen LogP contribution in [0.5, 0.6) is 0 Å². The van der Waals surface area contributed by atoms with Gasteiger partial charge in [0, 0.05) is 6.42 Å². The van der Waals surface area contributed by atoms with Crippen molar-refractivity contribution in [3.05, 3.63) is 12.2 Å². The van der Waals surface area contributed by atoms with Crippen LogP contribution in [0.1, 0.15) is 45.5 Å². The third-order valence-corrected chi connectivity index (χ3v) is 2.49. The summed E-state index contributed by atoms with van der Waals surface area (Å²) in [6, 6.07) is -0.277. The second-order valence-electron chi connectivity index (χ2n) is 5.07. The maximum Gasteiger partial charge on any atom is 0.303 e. The molecule has 0 aliphatic heterocycles. The lowest BCUT2D eigenvalue weighted by Gasteiger charge is -2.22. The summed E-state index contributed by atoms with van der Waals surface area (Å²) < 4.78 is 0. The fourth-order valence-electron chi connectivity index (χ4n) is 1.69. The van der Waals surface area contributed by atoms with Gasteiger partial charge >= 0.3 is 5.97 Å². The molecule has 7 heteroatoms. The average molecular weight is 254 g/mol. The van der Waals surface area contributed by atoms with Gasteiger partial charge in [-0.3, -0.25) is 14.7 Å². The SMILES string of the molecule is CC(NC(=O)CC(C)(C)CC(=O)O)c1ncn[nH]1. The minimum Gasteiger partial charge on any atom is -0.481 e. The van der Waals surface area contributed by atoms with E-state index in [0.717, 1.165) is 0 Å². The smallest absolute Gasteiger partial charge is 0.303 e. The zero-order chi connectivity index (χ0) is 13.8. The number of carbonyl (C=O) groups is 2. The van der Waals surface area contributed by atoms with E-state index in [1.807, 2.05) is 0 Å². The van der Waals surface area contributed by atoms with Crippen molar-refractivity contribution in [2.75, 3.05) is 0 Å². The molecule has 1 unspecified atom stereocenters. The molecule has 0 aromatic carbocycles. The van der Waals surface area contributed by atoms with E-state index >= 15 is 0 Å². The molecule has 1 heterocycles. The molecule has 0 saturated heterocycles. The molecule has 1 aromatic rings.